The fraction of sp³-hybridized carbons (Fsp3) is 0.909. The van der Waals surface area contributed by atoms with Crippen molar-refractivity contribution in [2.24, 2.45) is 0 Å². The summed E-state index contributed by atoms with van der Waals surface area (Å²) in [5.41, 5.74) is 0. The zero-order valence-corrected chi connectivity index (χ0v) is 9.68. The number of hydrogen-bond donors (Lipinski definition) is 1. The molecule has 0 aromatic carbocycles. The van der Waals surface area contributed by atoms with E-state index in [9.17, 15) is 4.79 Å². The van der Waals surface area contributed by atoms with Crippen LogP contribution in [0.1, 0.15) is 33.1 Å². The molecule has 1 unspecified atom stereocenters. The number of carbonyl (C=O) groups is 1. The van der Waals surface area contributed by atoms with Crippen LogP contribution < -0.4 is 5.32 Å². The second-order valence-electron chi connectivity index (χ2n) is 4.33. The van der Waals surface area contributed by atoms with Gasteiger partial charge in [0.2, 0.25) is 0 Å². The van der Waals surface area contributed by atoms with E-state index in [1.165, 1.54) is 32.4 Å². The molecule has 0 spiro atoms. The van der Waals surface area contributed by atoms with Gasteiger partial charge in [0.25, 0.3) is 5.91 Å². The maximum atomic E-state index is 11.6. The largest absolute Gasteiger partial charge is 0.354 e. The summed E-state index contributed by atoms with van der Waals surface area (Å²) >= 11 is 0. The lowest BCUT2D eigenvalue weighted by Gasteiger charge is -2.44. The molecule has 0 aliphatic carbocycles. The van der Waals surface area contributed by atoms with Gasteiger partial charge in [-0.25, -0.2) is 0 Å². The van der Waals surface area contributed by atoms with Crippen LogP contribution in [0.5, 0.6) is 0 Å². The molecule has 1 fully saturated rings. The van der Waals surface area contributed by atoms with Crippen molar-refractivity contribution in [1.82, 2.24) is 5.32 Å². The molecule has 1 aliphatic rings. The van der Waals surface area contributed by atoms with Crippen LogP contribution in [0.15, 0.2) is 0 Å². The predicted octanol–water partition coefficient (Wildman–Crippen LogP) is 1.14. The lowest BCUT2D eigenvalue weighted by atomic mass is 10.0. The van der Waals surface area contributed by atoms with E-state index in [1.54, 1.807) is 7.05 Å². The lowest BCUT2D eigenvalue weighted by Crippen LogP contribution is -2.61. The fourth-order valence-corrected chi connectivity index (χ4v) is 2.58. The molecule has 0 radical (unpaired) electrons. The second-order valence-corrected chi connectivity index (χ2v) is 4.33. The zero-order chi connectivity index (χ0) is 10.6. The van der Waals surface area contributed by atoms with E-state index < -0.39 is 0 Å². The van der Waals surface area contributed by atoms with Crippen molar-refractivity contribution in [2.75, 3.05) is 26.7 Å². The molecule has 1 rings (SSSR count). The Balaban J connectivity index is 2.71. The Bertz CT molecular complexity index is 197. The molecule has 3 nitrogen and oxygen atoms in total. The van der Waals surface area contributed by atoms with E-state index in [2.05, 4.69) is 19.2 Å². The quantitative estimate of drug-likeness (QED) is 0.679. The first-order valence-electron chi connectivity index (χ1n) is 5.73. The highest BCUT2D eigenvalue weighted by Gasteiger charge is 2.37. The fourth-order valence-electron chi connectivity index (χ4n) is 2.58. The normalized spacial score (nSPS) is 22.8. The van der Waals surface area contributed by atoms with Gasteiger partial charge in [-0.1, -0.05) is 0 Å². The Hall–Kier alpha value is -0.570. The number of amides is 1. The summed E-state index contributed by atoms with van der Waals surface area (Å²) in [4.78, 5) is 11.6. The molecule has 1 atom stereocenters. The summed E-state index contributed by atoms with van der Waals surface area (Å²) in [6, 6.07) is 0.116. The first-order valence-corrected chi connectivity index (χ1v) is 5.73. The van der Waals surface area contributed by atoms with Crippen LogP contribution in [0.4, 0.5) is 0 Å². The molecule has 1 heterocycles. The van der Waals surface area contributed by atoms with Gasteiger partial charge in [0.1, 0.15) is 0 Å². The van der Waals surface area contributed by atoms with Crippen LogP contribution >= 0.6 is 0 Å². The molecular weight excluding hydrogens is 176 g/mol. The van der Waals surface area contributed by atoms with Gasteiger partial charge in [0.05, 0.1) is 19.6 Å². The molecule has 0 aromatic rings. The summed E-state index contributed by atoms with van der Waals surface area (Å²) in [5.74, 6) is 0.189. The van der Waals surface area contributed by atoms with Crippen molar-refractivity contribution in [3.8, 4) is 0 Å². The first kappa shape index (κ1) is 11.5. The number of carbonyl (C=O) groups excluding carboxylic acids is 1. The molecule has 14 heavy (non-hydrogen) atoms. The summed E-state index contributed by atoms with van der Waals surface area (Å²) in [6.07, 6.45) is 3.88. The van der Waals surface area contributed by atoms with Crippen LogP contribution in [0.2, 0.25) is 0 Å². The molecule has 0 saturated carbocycles. The van der Waals surface area contributed by atoms with Crippen molar-refractivity contribution in [3.63, 3.8) is 0 Å². The molecular formula is C11H23N2O+. The second kappa shape index (κ2) is 4.78. The van der Waals surface area contributed by atoms with E-state index in [-0.39, 0.29) is 11.9 Å². The van der Waals surface area contributed by atoms with Gasteiger partial charge >= 0.3 is 0 Å². The van der Waals surface area contributed by atoms with E-state index in [0.29, 0.717) is 0 Å². The average molecular weight is 199 g/mol. The Morgan fingerprint density at radius 1 is 1.36 bits per heavy atom. The Labute approximate surface area is 87.1 Å². The highest BCUT2D eigenvalue weighted by Crippen LogP contribution is 2.22. The number of likely N-dealkylation sites (tertiary alicyclic amines) is 1. The van der Waals surface area contributed by atoms with E-state index in [4.69, 9.17) is 0 Å². The van der Waals surface area contributed by atoms with Gasteiger partial charge in [-0.15, -0.1) is 0 Å². The highest BCUT2D eigenvalue weighted by atomic mass is 16.2. The maximum Gasteiger partial charge on any atom is 0.277 e. The molecule has 1 amide bonds. The summed E-state index contributed by atoms with van der Waals surface area (Å²) in [7, 11) is 1.73. The number of rotatable bonds is 3. The van der Waals surface area contributed by atoms with Gasteiger partial charge in [-0.3, -0.25) is 4.79 Å². The topological polar surface area (TPSA) is 29.1 Å². The molecule has 3 heteroatoms. The minimum absolute atomic E-state index is 0.116. The minimum atomic E-state index is 0.116. The third-order valence-electron chi connectivity index (χ3n) is 3.78. The third-order valence-corrected chi connectivity index (χ3v) is 3.78. The predicted molar refractivity (Wildman–Crippen MR) is 57.9 cm³/mol. The summed E-state index contributed by atoms with van der Waals surface area (Å²) < 4.78 is 0.986. The van der Waals surface area contributed by atoms with Crippen molar-refractivity contribution < 1.29 is 9.28 Å². The van der Waals surface area contributed by atoms with Crippen LogP contribution in [-0.4, -0.2) is 43.1 Å². The molecule has 0 bridgehead atoms. The van der Waals surface area contributed by atoms with Crippen LogP contribution in [0.3, 0.4) is 0 Å². The lowest BCUT2D eigenvalue weighted by molar-refractivity contribution is -0.943. The Morgan fingerprint density at radius 2 is 1.93 bits per heavy atom. The zero-order valence-electron chi connectivity index (χ0n) is 9.68. The van der Waals surface area contributed by atoms with Gasteiger partial charge in [-0.05, 0) is 33.1 Å². The standard InChI is InChI=1S/C11H22N2O/c1-4-13(8-6-5-7-9-13)10(2)11(14)12-3/h10H,4-9H2,1-3H3/p+1. The van der Waals surface area contributed by atoms with Crippen molar-refractivity contribution in [2.45, 2.75) is 39.2 Å². The van der Waals surface area contributed by atoms with Crippen LogP contribution in [0, 0.1) is 0 Å². The van der Waals surface area contributed by atoms with E-state index >= 15 is 0 Å². The molecule has 82 valence electrons. The number of nitrogens with one attached hydrogen (secondary N) is 1. The van der Waals surface area contributed by atoms with E-state index in [0.717, 1.165) is 11.0 Å². The van der Waals surface area contributed by atoms with E-state index in [1.807, 2.05) is 0 Å². The van der Waals surface area contributed by atoms with Crippen molar-refractivity contribution in [1.29, 1.82) is 0 Å². The molecule has 1 N–H and O–H groups in total. The molecule has 1 saturated heterocycles. The van der Waals surface area contributed by atoms with Gasteiger partial charge in [0, 0.05) is 7.05 Å². The molecule has 0 aromatic heterocycles. The number of nitrogens with zero attached hydrogens (tertiary/aromatic N) is 1. The molecule has 1 aliphatic heterocycles. The number of piperidine rings is 1. The third kappa shape index (κ3) is 2.08. The van der Waals surface area contributed by atoms with Crippen LogP contribution in [-0.2, 0) is 4.79 Å². The van der Waals surface area contributed by atoms with Crippen LogP contribution in [0.25, 0.3) is 0 Å². The maximum absolute atomic E-state index is 11.6. The number of likely N-dealkylation sites (N-methyl/N-ethyl adjacent to an activating group) is 2. The van der Waals surface area contributed by atoms with Crippen molar-refractivity contribution >= 4 is 5.91 Å². The monoisotopic (exact) mass is 199 g/mol. The number of quaternary nitrogens is 1. The summed E-state index contributed by atoms with van der Waals surface area (Å²) in [5, 5.41) is 2.77. The van der Waals surface area contributed by atoms with Gasteiger partial charge in [-0.2, -0.15) is 0 Å². The SMILES string of the molecule is CC[N+]1(C(C)C(=O)NC)CCCCC1. The minimum Gasteiger partial charge on any atom is -0.354 e. The van der Waals surface area contributed by atoms with Gasteiger partial charge < -0.3 is 9.80 Å². The van der Waals surface area contributed by atoms with Gasteiger partial charge in [0.15, 0.2) is 6.04 Å². The first-order chi connectivity index (χ1) is 6.66. The number of hydrogen-bond acceptors (Lipinski definition) is 1. The smallest absolute Gasteiger partial charge is 0.277 e. The summed E-state index contributed by atoms with van der Waals surface area (Å²) in [6.45, 7) is 7.68. The van der Waals surface area contributed by atoms with Crippen molar-refractivity contribution in [3.05, 3.63) is 0 Å². The average Bonchev–Trinajstić information content (AvgIpc) is 2.28. The Kier molecular flexibility index (Phi) is 3.93. The highest BCUT2D eigenvalue weighted by molar-refractivity contribution is 5.79. The Morgan fingerprint density at radius 3 is 2.36 bits per heavy atom.